The number of amides is 1. The number of carbonyl (C=O) groups is 1. The summed E-state index contributed by atoms with van der Waals surface area (Å²) in [6.45, 7) is 2.30. The molecule has 0 spiro atoms. The smallest absolute Gasteiger partial charge is 0.261 e. The summed E-state index contributed by atoms with van der Waals surface area (Å²) < 4.78 is 17.0. The van der Waals surface area contributed by atoms with Crippen molar-refractivity contribution in [3.05, 3.63) is 72.9 Å². The largest absolute Gasteiger partial charge is 0.481 e. The summed E-state index contributed by atoms with van der Waals surface area (Å²) in [5.41, 5.74) is 0. The van der Waals surface area contributed by atoms with Gasteiger partial charge < -0.3 is 18.5 Å². The molecule has 10 heteroatoms. The Morgan fingerprint density at radius 2 is 1.62 bits per heavy atom. The first-order valence-corrected chi connectivity index (χ1v) is 11.7. The van der Waals surface area contributed by atoms with Gasteiger partial charge in [0, 0.05) is 5.92 Å². The van der Waals surface area contributed by atoms with E-state index in [2.05, 4.69) is 6.92 Å². The van der Waals surface area contributed by atoms with Crippen molar-refractivity contribution in [2.75, 3.05) is 6.61 Å². The normalized spacial score (nSPS) is 17.4. The second-order valence-electron chi connectivity index (χ2n) is 7.64. The molecule has 5 nitrogen and oxygen atoms in total. The van der Waals surface area contributed by atoms with Gasteiger partial charge in [0.2, 0.25) is 0 Å². The molecule has 0 bridgehead atoms. The minimum Gasteiger partial charge on any atom is -0.481 e. The van der Waals surface area contributed by atoms with Gasteiger partial charge in [-0.25, -0.2) is 0 Å². The predicted molar refractivity (Wildman–Crippen MR) is 125 cm³/mol. The van der Waals surface area contributed by atoms with E-state index in [4.69, 9.17) is 71.6 Å². The van der Waals surface area contributed by atoms with Crippen molar-refractivity contribution in [2.45, 2.75) is 32.4 Å². The van der Waals surface area contributed by atoms with Gasteiger partial charge in [-0.05, 0) is 36.6 Å². The van der Waals surface area contributed by atoms with Gasteiger partial charge in [-0.1, -0.05) is 64.9 Å². The van der Waals surface area contributed by atoms with Crippen LogP contribution < -0.4 is 4.74 Å². The Morgan fingerprint density at radius 1 is 1.00 bits per heavy atom. The Kier molecular flexibility index (Phi) is 7.23. The Hall–Kier alpha value is -1.50. The average molecular weight is 538 g/mol. The Bertz CT molecular complexity index is 1100. The van der Waals surface area contributed by atoms with Crippen LogP contribution in [0.25, 0.3) is 0 Å². The monoisotopic (exact) mass is 535 g/mol. The van der Waals surface area contributed by atoms with Gasteiger partial charge in [0.25, 0.3) is 5.91 Å². The summed E-state index contributed by atoms with van der Waals surface area (Å²) in [5.74, 6) is 2.96. The molecular formula is C22H18Cl5NO4. The lowest BCUT2D eigenvalue weighted by molar-refractivity contribution is -0.135. The molecule has 0 N–H and O–H groups in total. The maximum Gasteiger partial charge on any atom is 0.261 e. The Morgan fingerprint density at radius 3 is 2.22 bits per heavy atom. The van der Waals surface area contributed by atoms with Crippen LogP contribution in [0.5, 0.6) is 5.75 Å². The van der Waals surface area contributed by atoms with E-state index < -0.39 is 0 Å². The van der Waals surface area contributed by atoms with E-state index in [0.717, 1.165) is 12.2 Å². The van der Waals surface area contributed by atoms with E-state index in [0.29, 0.717) is 23.4 Å². The highest BCUT2D eigenvalue weighted by Crippen LogP contribution is 2.48. The number of ether oxygens (including phenoxy) is 1. The fraction of sp³-hybridized carbons (Fsp3) is 0.318. The van der Waals surface area contributed by atoms with Crippen molar-refractivity contribution in [3.8, 4) is 5.75 Å². The molecule has 1 fully saturated rings. The molecule has 1 saturated carbocycles. The molecule has 1 aliphatic carbocycles. The number of carbonyl (C=O) groups excluding carboxylic acids is 1. The number of nitrogens with zero attached hydrogens (tertiary/aromatic N) is 1. The number of halogens is 5. The van der Waals surface area contributed by atoms with Crippen LogP contribution in [0.2, 0.25) is 25.1 Å². The standard InChI is InChI=1S/C22H18Cl5NO4/c1-11-7-14(11)15-5-4-13(32-15)9-28(8-12-3-2-6-30-12)16(29)10-31-22-20(26)18(24)17(23)19(25)21(22)27/h2-6,11,14H,7-10H2,1H3. The fourth-order valence-electron chi connectivity index (χ4n) is 3.35. The zero-order valence-electron chi connectivity index (χ0n) is 16.8. The van der Waals surface area contributed by atoms with E-state index in [1.54, 1.807) is 23.3 Å². The third-order valence-corrected chi connectivity index (χ3v) is 7.54. The van der Waals surface area contributed by atoms with Crippen molar-refractivity contribution in [1.82, 2.24) is 4.90 Å². The van der Waals surface area contributed by atoms with Gasteiger partial charge in [-0.15, -0.1) is 0 Å². The maximum absolute atomic E-state index is 13.1. The first kappa shape index (κ1) is 23.7. The minimum atomic E-state index is -0.359. The van der Waals surface area contributed by atoms with Crippen LogP contribution in [0, 0.1) is 5.92 Å². The van der Waals surface area contributed by atoms with Gasteiger partial charge in [0.05, 0.1) is 34.4 Å². The molecular weight excluding hydrogens is 520 g/mol. The van der Waals surface area contributed by atoms with Gasteiger partial charge in [0.1, 0.15) is 27.3 Å². The molecule has 170 valence electrons. The third-order valence-electron chi connectivity index (χ3n) is 5.29. The van der Waals surface area contributed by atoms with Crippen molar-refractivity contribution in [2.24, 2.45) is 5.92 Å². The molecule has 0 saturated heterocycles. The zero-order chi connectivity index (χ0) is 23.0. The molecule has 1 amide bonds. The lowest BCUT2D eigenvalue weighted by Gasteiger charge is -2.21. The summed E-state index contributed by atoms with van der Waals surface area (Å²) in [6.07, 6.45) is 2.66. The van der Waals surface area contributed by atoms with Crippen LogP contribution in [-0.2, 0) is 17.9 Å². The summed E-state index contributed by atoms with van der Waals surface area (Å²) in [6, 6.07) is 7.39. The molecule has 3 aromatic rings. The van der Waals surface area contributed by atoms with E-state index in [9.17, 15) is 4.79 Å². The molecule has 0 aliphatic heterocycles. The number of benzene rings is 1. The van der Waals surface area contributed by atoms with Crippen molar-refractivity contribution in [1.29, 1.82) is 0 Å². The van der Waals surface area contributed by atoms with E-state index in [1.165, 1.54) is 0 Å². The molecule has 0 radical (unpaired) electrons. The van der Waals surface area contributed by atoms with Crippen LogP contribution >= 0.6 is 58.0 Å². The first-order chi connectivity index (χ1) is 15.3. The SMILES string of the molecule is CC1CC1c1ccc(CN(Cc2ccco2)C(=O)COc2c(Cl)c(Cl)c(Cl)c(Cl)c2Cl)o1. The molecule has 1 aliphatic rings. The van der Waals surface area contributed by atoms with Crippen molar-refractivity contribution < 1.29 is 18.4 Å². The quantitative estimate of drug-likeness (QED) is 0.217. The number of rotatable bonds is 8. The average Bonchev–Trinajstić information content (AvgIpc) is 3.14. The lowest BCUT2D eigenvalue weighted by Crippen LogP contribution is -2.34. The van der Waals surface area contributed by atoms with Gasteiger partial charge in [-0.2, -0.15) is 0 Å². The first-order valence-electron chi connectivity index (χ1n) is 9.79. The second-order valence-corrected chi connectivity index (χ2v) is 9.53. The van der Waals surface area contributed by atoms with Crippen LogP contribution in [-0.4, -0.2) is 17.4 Å². The summed E-state index contributed by atoms with van der Waals surface area (Å²) in [4.78, 5) is 14.6. The molecule has 2 heterocycles. The molecule has 2 aromatic heterocycles. The van der Waals surface area contributed by atoms with Gasteiger partial charge in [0.15, 0.2) is 12.4 Å². The minimum absolute atomic E-state index is 0.00459. The maximum atomic E-state index is 13.1. The van der Waals surface area contributed by atoms with E-state index in [-0.39, 0.29) is 56.5 Å². The zero-order valence-corrected chi connectivity index (χ0v) is 20.6. The lowest BCUT2D eigenvalue weighted by atomic mass is 10.3. The highest BCUT2D eigenvalue weighted by Gasteiger charge is 2.36. The molecule has 2 atom stereocenters. The molecule has 1 aromatic carbocycles. The van der Waals surface area contributed by atoms with Crippen LogP contribution in [0.15, 0.2) is 39.4 Å². The van der Waals surface area contributed by atoms with Crippen LogP contribution in [0.1, 0.15) is 36.5 Å². The predicted octanol–water partition coefficient (Wildman–Crippen LogP) is 7.87. The number of hydrogen-bond acceptors (Lipinski definition) is 4. The van der Waals surface area contributed by atoms with Crippen LogP contribution in [0.3, 0.4) is 0 Å². The number of hydrogen-bond donors (Lipinski definition) is 0. The summed E-state index contributed by atoms with van der Waals surface area (Å²) >= 11 is 30.5. The van der Waals surface area contributed by atoms with Crippen LogP contribution in [0.4, 0.5) is 0 Å². The van der Waals surface area contributed by atoms with Crippen molar-refractivity contribution in [3.63, 3.8) is 0 Å². The van der Waals surface area contributed by atoms with Gasteiger partial charge in [-0.3, -0.25) is 4.79 Å². The molecule has 4 rings (SSSR count). The third kappa shape index (κ3) is 5.02. The Labute approximate surface area is 210 Å². The molecule has 2 unspecified atom stereocenters. The summed E-state index contributed by atoms with van der Waals surface area (Å²) in [7, 11) is 0. The second kappa shape index (κ2) is 9.78. The highest BCUT2D eigenvalue weighted by atomic mass is 35.5. The van der Waals surface area contributed by atoms with E-state index in [1.807, 2.05) is 12.1 Å². The van der Waals surface area contributed by atoms with Gasteiger partial charge >= 0.3 is 0 Å². The Balaban J connectivity index is 1.50. The molecule has 32 heavy (non-hydrogen) atoms. The van der Waals surface area contributed by atoms with E-state index >= 15 is 0 Å². The highest BCUT2D eigenvalue weighted by molar-refractivity contribution is 6.55. The van der Waals surface area contributed by atoms with Crippen molar-refractivity contribution >= 4 is 63.9 Å². The fourth-order valence-corrected chi connectivity index (χ4v) is 4.58. The summed E-state index contributed by atoms with van der Waals surface area (Å²) in [5, 5.41) is -0.0403. The topological polar surface area (TPSA) is 55.8 Å². The number of furan rings is 2.